The fraction of sp³-hybridized carbons (Fsp3) is 0.300. The van der Waals surface area contributed by atoms with Crippen molar-refractivity contribution in [2.45, 2.75) is 19.8 Å². The third kappa shape index (κ3) is 2.43. The Bertz CT molecular complexity index is 261. The van der Waals surface area contributed by atoms with Crippen LogP contribution in [0.2, 0.25) is 0 Å². The average molecular weight is 145 g/mol. The molecule has 0 heterocycles. The molecule has 0 aromatic heterocycles. The molecule has 0 spiro atoms. The molecule has 0 bridgehead atoms. The number of hydrogen-bond donors (Lipinski definition) is 0. The van der Waals surface area contributed by atoms with Crippen molar-refractivity contribution in [3.63, 3.8) is 0 Å². The molecule has 0 saturated carbocycles. The Labute approximate surface area is 67.3 Å². The highest BCUT2D eigenvalue weighted by Gasteiger charge is 1.92. The van der Waals surface area contributed by atoms with Crippen molar-refractivity contribution in [2.75, 3.05) is 0 Å². The molecule has 1 nitrogen and oxygen atoms in total. The number of allylic oxidation sites excluding steroid dienone is 6. The van der Waals surface area contributed by atoms with Gasteiger partial charge in [-0.1, -0.05) is 23.8 Å². The molecule has 0 aromatic carbocycles. The molecule has 0 aliphatic heterocycles. The summed E-state index contributed by atoms with van der Waals surface area (Å²) in [5.74, 6) is 0. The van der Waals surface area contributed by atoms with Crippen molar-refractivity contribution in [3.8, 4) is 6.07 Å². The second kappa shape index (κ2) is 3.78. The van der Waals surface area contributed by atoms with Crippen molar-refractivity contribution >= 4 is 0 Å². The molecule has 1 heteroatoms. The summed E-state index contributed by atoms with van der Waals surface area (Å²) in [7, 11) is 0. The zero-order chi connectivity index (χ0) is 8.10. The first-order chi connectivity index (χ1) is 5.33. The number of nitrogens with zero attached hydrogens (tertiary/aromatic N) is 1. The fourth-order valence-corrected chi connectivity index (χ4v) is 0.990. The number of rotatable bonds is 0. The van der Waals surface area contributed by atoms with E-state index in [2.05, 4.69) is 19.1 Å². The first-order valence-electron chi connectivity index (χ1n) is 3.78. The summed E-state index contributed by atoms with van der Waals surface area (Å²) in [6.45, 7) is 2.05. The van der Waals surface area contributed by atoms with Gasteiger partial charge in [0.15, 0.2) is 0 Å². The third-order valence-corrected chi connectivity index (χ3v) is 1.65. The Kier molecular flexibility index (Phi) is 2.68. The normalized spacial score (nSPS) is 22.2. The quantitative estimate of drug-likeness (QED) is 0.514. The van der Waals surface area contributed by atoms with E-state index in [1.54, 1.807) is 0 Å². The topological polar surface area (TPSA) is 23.8 Å². The highest BCUT2D eigenvalue weighted by molar-refractivity contribution is 5.37. The van der Waals surface area contributed by atoms with E-state index in [1.807, 2.05) is 18.2 Å². The van der Waals surface area contributed by atoms with Crippen molar-refractivity contribution in [3.05, 3.63) is 35.5 Å². The highest BCUT2D eigenvalue weighted by atomic mass is 14.2. The van der Waals surface area contributed by atoms with Gasteiger partial charge in [0.05, 0.1) is 6.07 Å². The SMILES string of the molecule is CC1=CCC/C=C(\C#N)C=C1. The van der Waals surface area contributed by atoms with Gasteiger partial charge in [0.1, 0.15) is 0 Å². The lowest BCUT2D eigenvalue weighted by Crippen LogP contribution is -1.79. The van der Waals surface area contributed by atoms with Crippen LogP contribution in [0.5, 0.6) is 0 Å². The number of nitriles is 1. The Balaban J connectivity index is 2.81. The van der Waals surface area contributed by atoms with E-state index >= 15 is 0 Å². The Morgan fingerprint density at radius 2 is 2.00 bits per heavy atom. The van der Waals surface area contributed by atoms with Crippen LogP contribution in [0.15, 0.2) is 35.5 Å². The predicted molar refractivity (Wildman–Crippen MR) is 45.8 cm³/mol. The van der Waals surface area contributed by atoms with Gasteiger partial charge < -0.3 is 0 Å². The summed E-state index contributed by atoms with van der Waals surface area (Å²) in [6, 6.07) is 2.14. The first-order valence-corrected chi connectivity index (χ1v) is 3.78. The van der Waals surface area contributed by atoms with Gasteiger partial charge in [-0.25, -0.2) is 0 Å². The maximum atomic E-state index is 8.61. The minimum Gasteiger partial charge on any atom is -0.192 e. The van der Waals surface area contributed by atoms with Crippen molar-refractivity contribution in [1.29, 1.82) is 5.26 Å². The fourth-order valence-electron chi connectivity index (χ4n) is 0.990. The third-order valence-electron chi connectivity index (χ3n) is 1.65. The summed E-state index contributed by atoms with van der Waals surface area (Å²) < 4.78 is 0. The van der Waals surface area contributed by atoms with Crippen LogP contribution >= 0.6 is 0 Å². The predicted octanol–water partition coefficient (Wildman–Crippen LogP) is 2.73. The molecule has 1 aliphatic rings. The monoisotopic (exact) mass is 145 g/mol. The summed E-state index contributed by atoms with van der Waals surface area (Å²) in [6.07, 6.45) is 10.0. The molecule has 0 unspecified atom stereocenters. The Morgan fingerprint density at radius 3 is 2.73 bits per heavy atom. The lowest BCUT2D eigenvalue weighted by atomic mass is 10.1. The van der Waals surface area contributed by atoms with Crippen LogP contribution in [0.25, 0.3) is 0 Å². The van der Waals surface area contributed by atoms with Crippen molar-refractivity contribution in [2.24, 2.45) is 0 Å². The van der Waals surface area contributed by atoms with Gasteiger partial charge >= 0.3 is 0 Å². The van der Waals surface area contributed by atoms with Crippen LogP contribution in [0.1, 0.15) is 19.8 Å². The minimum absolute atomic E-state index is 0.775. The van der Waals surface area contributed by atoms with Crippen LogP contribution in [-0.2, 0) is 0 Å². The second-order valence-corrected chi connectivity index (χ2v) is 2.63. The minimum atomic E-state index is 0.775. The summed E-state index contributed by atoms with van der Waals surface area (Å²) in [4.78, 5) is 0. The number of hydrogen-bond acceptors (Lipinski definition) is 1. The maximum absolute atomic E-state index is 8.61. The smallest absolute Gasteiger partial charge is 0.0988 e. The molecule has 0 aromatic rings. The summed E-state index contributed by atoms with van der Waals surface area (Å²) in [5, 5.41) is 8.61. The summed E-state index contributed by atoms with van der Waals surface area (Å²) in [5.41, 5.74) is 2.02. The molecule has 0 fully saturated rings. The first kappa shape index (κ1) is 7.81. The van der Waals surface area contributed by atoms with Gasteiger partial charge in [-0.05, 0) is 25.8 Å². The zero-order valence-corrected chi connectivity index (χ0v) is 6.67. The zero-order valence-electron chi connectivity index (χ0n) is 6.67. The van der Waals surface area contributed by atoms with Gasteiger partial charge in [-0.2, -0.15) is 5.26 Å². The molecule has 0 atom stereocenters. The van der Waals surface area contributed by atoms with Gasteiger partial charge in [-0.15, -0.1) is 0 Å². The van der Waals surface area contributed by atoms with Gasteiger partial charge in [0, 0.05) is 5.57 Å². The molecule has 0 radical (unpaired) electrons. The Morgan fingerprint density at radius 1 is 1.27 bits per heavy atom. The largest absolute Gasteiger partial charge is 0.192 e. The van der Waals surface area contributed by atoms with Crippen LogP contribution in [0.3, 0.4) is 0 Å². The van der Waals surface area contributed by atoms with E-state index in [0.717, 1.165) is 18.4 Å². The average Bonchev–Trinajstić information content (AvgIpc) is 1.98. The maximum Gasteiger partial charge on any atom is 0.0988 e. The van der Waals surface area contributed by atoms with E-state index in [1.165, 1.54) is 5.57 Å². The molecule has 1 rings (SSSR count). The molecule has 0 N–H and O–H groups in total. The van der Waals surface area contributed by atoms with Crippen LogP contribution in [-0.4, -0.2) is 0 Å². The molecule has 0 amide bonds. The van der Waals surface area contributed by atoms with E-state index < -0.39 is 0 Å². The van der Waals surface area contributed by atoms with E-state index in [-0.39, 0.29) is 0 Å². The van der Waals surface area contributed by atoms with Crippen LogP contribution < -0.4 is 0 Å². The second-order valence-electron chi connectivity index (χ2n) is 2.63. The molecule has 56 valence electrons. The highest BCUT2D eigenvalue weighted by Crippen LogP contribution is 2.09. The molecule has 0 saturated heterocycles. The molecule has 1 aliphatic carbocycles. The van der Waals surface area contributed by atoms with Crippen LogP contribution in [0, 0.1) is 11.3 Å². The Hall–Kier alpha value is -1.29. The lowest BCUT2D eigenvalue weighted by molar-refractivity contribution is 1.03. The van der Waals surface area contributed by atoms with Crippen LogP contribution in [0.4, 0.5) is 0 Å². The van der Waals surface area contributed by atoms with Gasteiger partial charge in [-0.3, -0.25) is 0 Å². The van der Waals surface area contributed by atoms with E-state index in [4.69, 9.17) is 5.26 Å². The standard InChI is InChI=1S/C10H11N/c1-9-4-2-3-5-10(8-11)7-6-9/h4-7H,2-3H2,1H3/b7-6?,9-4?,10-5-. The molecule has 11 heavy (non-hydrogen) atoms. The van der Waals surface area contributed by atoms with E-state index in [0.29, 0.717) is 0 Å². The van der Waals surface area contributed by atoms with Gasteiger partial charge in [0.2, 0.25) is 0 Å². The van der Waals surface area contributed by atoms with E-state index in [9.17, 15) is 0 Å². The van der Waals surface area contributed by atoms with Crippen molar-refractivity contribution < 1.29 is 0 Å². The summed E-state index contributed by atoms with van der Waals surface area (Å²) >= 11 is 0. The lowest BCUT2D eigenvalue weighted by Gasteiger charge is -1.97. The van der Waals surface area contributed by atoms with Crippen molar-refractivity contribution in [1.82, 2.24) is 0 Å². The van der Waals surface area contributed by atoms with Gasteiger partial charge in [0.25, 0.3) is 0 Å². The molecular formula is C10H11N. The molecular weight excluding hydrogens is 134 g/mol.